The summed E-state index contributed by atoms with van der Waals surface area (Å²) in [5.74, 6) is 1.32. The molecule has 2 aromatic carbocycles. The second-order valence-corrected chi connectivity index (χ2v) is 7.99. The first kappa shape index (κ1) is 20.1. The zero-order valence-corrected chi connectivity index (χ0v) is 17.5. The molecule has 4 aromatic rings. The molecule has 0 aliphatic heterocycles. The first-order chi connectivity index (χ1) is 14.5. The largest absolute Gasteiger partial charge is 0.485 e. The Morgan fingerprint density at radius 2 is 2.07 bits per heavy atom. The lowest BCUT2D eigenvalue weighted by Gasteiger charge is -2.05. The highest BCUT2D eigenvalue weighted by Crippen LogP contribution is 2.23. The normalized spacial score (nSPS) is 10.7. The quantitative estimate of drug-likeness (QED) is 0.439. The topological polar surface area (TPSA) is 90.1 Å². The molecule has 0 unspecified atom stereocenters. The van der Waals surface area contributed by atoms with Crippen LogP contribution in [0.3, 0.4) is 0 Å². The van der Waals surface area contributed by atoms with Gasteiger partial charge in [-0.2, -0.15) is 4.98 Å². The van der Waals surface area contributed by atoms with Gasteiger partial charge in [0.2, 0.25) is 11.7 Å². The minimum Gasteiger partial charge on any atom is -0.485 e. The third-order valence-electron chi connectivity index (χ3n) is 4.10. The second kappa shape index (κ2) is 9.06. The number of halogens is 1. The van der Waals surface area contributed by atoms with Crippen LogP contribution in [0.4, 0.5) is 5.13 Å². The van der Waals surface area contributed by atoms with E-state index in [0.29, 0.717) is 39.6 Å². The Morgan fingerprint density at radius 1 is 1.23 bits per heavy atom. The molecule has 0 saturated heterocycles. The third kappa shape index (κ3) is 5.22. The summed E-state index contributed by atoms with van der Waals surface area (Å²) in [4.78, 5) is 21.9. The number of amides is 1. The molecule has 4 rings (SSSR count). The molecule has 2 aromatic heterocycles. The molecule has 2 heterocycles. The number of aromatic nitrogens is 3. The summed E-state index contributed by atoms with van der Waals surface area (Å²) in [6.45, 7) is 1.91. The van der Waals surface area contributed by atoms with E-state index >= 15 is 0 Å². The van der Waals surface area contributed by atoms with Gasteiger partial charge in [0, 0.05) is 35.0 Å². The summed E-state index contributed by atoms with van der Waals surface area (Å²) < 4.78 is 10.5. The van der Waals surface area contributed by atoms with Gasteiger partial charge in [-0.05, 0) is 42.0 Å². The van der Waals surface area contributed by atoms with Crippen LogP contribution >= 0.6 is 22.9 Å². The Kier molecular flexibility index (Phi) is 6.06. The van der Waals surface area contributed by atoms with Gasteiger partial charge >= 0.3 is 0 Å². The molecule has 0 fully saturated rings. The monoisotopic (exact) mass is 440 g/mol. The van der Waals surface area contributed by atoms with Crippen molar-refractivity contribution in [3.05, 3.63) is 87.5 Å². The minimum atomic E-state index is -0.237. The number of ether oxygens (including phenoxy) is 1. The molecule has 0 bridgehead atoms. The Labute approximate surface area is 181 Å². The molecule has 0 spiro atoms. The summed E-state index contributed by atoms with van der Waals surface area (Å²) in [6.07, 6.45) is 2.47. The Bertz CT molecular complexity index is 1160. The molecule has 1 amide bonds. The van der Waals surface area contributed by atoms with Gasteiger partial charge in [-0.15, -0.1) is 11.3 Å². The maximum Gasteiger partial charge on any atom is 0.257 e. The fourth-order valence-corrected chi connectivity index (χ4v) is 3.77. The van der Waals surface area contributed by atoms with Crippen LogP contribution in [0.1, 0.15) is 32.5 Å². The molecule has 0 radical (unpaired) electrons. The van der Waals surface area contributed by atoms with E-state index in [9.17, 15) is 4.79 Å². The molecule has 0 atom stereocenters. The van der Waals surface area contributed by atoms with Gasteiger partial charge in [0.1, 0.15) is 5.75 Å². The van der Waals surface area contributed by atoms with Gasteiger partial charge in [0.25, 0.3) is 5.91 Å². The van der Waals surface area contributed by atoms with Crippen molar-refractivity contribution in [1.29, 1.82) is 0 Å². The van der Waals surface area contributed by atoms with Crippen molar-refractivity contribution in [2.24, 2.45) is 0 Å². The summed E-state index contributed by atoms with van der Waals surface area (Å²) in [7, 11) is 0. The number of hydrogen-bond donors (Lipinski definition) is 1. The number of nitrogens with zero attached hydrogens (tertiary/aromatic N) is 3. The Hall–Kier alpha value is -3.23. The Balaban J connectivity index is 1.33. The maximum absolute atomic E-state index is 12.5. The molecular formula is C21H17ClN4O3S. The van der Waals surface area contributed by atoms with Crippen LogP contribution in [0.5, 0.6) is 5.75 Å². The average molecular weight is 441 g/mol. The van der Waals surface area contributed by atoms with Crippen molar-refractivity contribution in [3.8, 4) is 5.75 Å². The van der Waals surface area contributed by atoms with Gasteiger partial charge in [-0.25, -0.2) is 4.98 Å². The van der Waals surface area contributed by atoms with E-state index in [1.54, 1.807) is 37.4 Å². The predicted molar refractivity (Wildman–Crippen MR) is 114 cm³/mol. The van der Waals surface area contributed by atoms with Gasteiger partial charge < -0.3 is 9.26 Å². The van der Waals surface area contributed by atoms with Crippen molar-refractivity contribution >= 4 is 34.0 Å². The maximum atomic E-state index is 12.5. The SMILES string of the molecule is Cc1nc(COc2ccc(C(=O)Nc3ncc(Cc4cccc(Cl)c4)s3)cc2)no1. The number of thiazole rings is 1. The zero-order valence-electron chi connectivity index (χ0n) is 16.0. The Morgan fingerprint density at radius 3 is 2.80 bits per heavy atom. The van der Waals surface area contributed by atoms with Gasteiger partial charge in [0.05, 0.1) is 0 Å². The number of carbonyl (C=O) groups excluding carboxylic acids is 1. The van der Waals surface area contributed by atoms with Gasteiger partial charge in [-0.1, -0.05) is 28.9 Å². The van der Waals surface area contributed by atoms with Crippen LogP contribution in [0.15, 0.2) is 59.3 Å². The van der Waals surface area contributed by atoms with Gasteiger partial charge in [-0.3, -0.25) is 10.1 Å². The smallest absolute Gasteiger partial charge is 0.257 e. The van der Waals surface area contributed by atoms with Crippen LogP contribution in [-0.4, -0.2) is 21.0 Å². The highest BCUT2D eigenvalue weighted by atomic mass is 35.5. The van der Waals surface area contributed by atoms with Crippen molar-refractivity contribution in [2.75, 3.05) is 5.32 Å². The number of hydrogen-bond acceptors (Lipinski definition) is 7. The first-order valence-corrected chi connectivity index (χ1v) is 10.3. The minimum absolute atomic E-state index is 0.192. The molecule has 7 nitrogen and oxygen atoms in total. The van der Waals surface area contributed by atoms with Crippen LogP contribution < -0.4 is 10.1 Å². The standard InChI is InChI=1S/C21H17ClN4O3S/c1-13-24-19(26-29-13)12-28-17-7-5-15(6-8-17)20(27)25-21-23-11-18(30-21)10-14-3-2-4-16(22)9-14/h2-9,11H,10,12H2,1H3,(H,23,25,27). The van der Waals surface area contributed by atoms with E-state index in [1.807, 2.05) is 24.3 Å². The van der Waals surface area contributed by atoms with E-state index in [1.165, 1.54) is 11.3 Å². The van der Waals surface area contributed by atoms with Crippen molar-refractivity contribution in [3.63, 3.8) is 0 Å². The lowest BCUT2D eigenvalue weighted by atomic mass is 10.1. The van der Waals surface area contributed by atoms with Crippen molar-refractivity contribution in [1.82, 2.24) is 15.1 Å². The van der Waals surface area contributed by atoms with Gasteiger partial charge in [0.15, 0.2) is 11.7 Å². The summed E-state index contributed by atoms with van der Waals surface area (Å²) in [5.41, 5.74) is 1.60. The van der Waals surface area contributed by atoms with Crippen LogP contribution in [0.25, 0.3) is 0 Å². The van der Waals surface area contributed by atoms with Crippen LogP contribution in [0, 0.1) is 6.92 Å². The van der Waals surface area contributed by atoms with Crippen molar-refractivity contribution in [2.45, 2.75) is 20.0 Å². The highest BCUT2D eigenvalue weighted by Gasteiger charge is 2.10. The fourth-order valence-electron chi connectivity index (χ4n) is 2.71. The van der Waals surface area contributed by atoms with Crippen LogP contribution in [0.2, 0.25) is 5.02 Å². The predicted octanol–water partition coefficient (Wildman–Crippen LogP) is 4.91. The molecular weight excluding hydrogens is 424 g/mol. The molecule has 0 aliphatic carbocycles. The molecule has 9 heteroatoms. The van der Waals surface area contributed by atoms with E-state index in [-0.39, 0.29) is 12.5 Å². The lowest BCUT2D eigenvalue weighted by molar-refractivity contribution is 0.102. The highest BCUT2D eigenvalue weighted by molar-refractivity contribution is 7.15. The summed E-state index contributed by atoms with van der Waals surface area (Å²) >= 11 is 7.46. The fraction of sp³-hybridized carbons (Fsp3) is 0.143. The molecule has 0 aliphatic rings. The molecule has 30 heavy (non-hydrogen) atoms. The molecule has 0 saturated carbocycles. The van der Waals surface area contributed by atoms with E-state index in [4.69, 9.17) is 20.9 Å². The third-order valence-corrected chi connectivity index (χ3v) is 5.24. The van der Waals surface area contributed by atoms with Crippen LogP contribution in [-0.2, 0) is 13.0 Å². The first-order valence-electron chi connectivity index (χ1n) is 9.08. The van der Waals surface area contributed by atoms with E-state index in [0.717, 1.165) is 10.4 Å². The molecule has 1 N–H and O–H groups in total. The number of nitrogens with one attached hydrogen (secondary N) is 1. The summed E-state index contributed by atoms with van der Waals surface area (Å²) in [6, 6.07) is 14.5. The number of anilines is 1. The second-order valence-electron chi connectivity index (χ2n) is 6.44. The summed E-state index contributed by atoms with van der Waals surface area (Å²) in [5, 5.41) is 7.84. The van der Waals surface area contributed by atoms with E-state index < -0.39 is 0 Å². The van der Waals surface area contributed by atoms with Crippen molar-refractivity contribution < 1.29 is 14.1 Å². The lowest BCUT2D eigenvalue weighted by Crippen LogP contribution is -2.11. The van der Waals surface area contributed by atoms with E-state index in [2.05, 4.69) is 20.4 Å². The number of carbonyl (C=O) groups is 1. The number of benzene rings is 2. The number of rotatable bonds is 7. The number of aryl methyl sites for hydroxylation is 1. The average Bonchev–Trinajstić information content (AvgIpc) is 3.35. The zero-order chi connectivity index (χ0) is 20.9. The molecule has 152 valence electrons.